The Morgan fingerprint density at radius 2 is 2.00 bits per heavy atom. The van der Waals surface area contributed by atoms with Gasteiger partial charge in [0.2, 0.25) is 11.9 Å². The first-order valence-electron chi connectivity index (χ1n) is 13.2. The lowest BCUT2D eigenvalue weighted by molar-refractivity contribution is -0.120. The summed E-state index contributed by atoms with van der Waals surface area (Å²) in [5.41, 5.74) is 4.05. The molecule has 0 aliphatic carbocycles. The number of carbonyl (C=O) groups is 1. The van der Waals surface area contributed by atoms with Crippen molar-refractivity contribution < 1.29 is 9.53 Å². The van der Waals surface area contributed by atoms with Crippen molar-refractivity contribution in [3.63, 3.8) is 0 Å². The molecule has 0 radical (unpaired) electrons. The largest absolute Gasteiger partial charge is 0.381 e. The van der Waals surface area contributed by atoms with Crippen LogP contribution in [0.4, 0.5) is 11.9 Å². The molecule has 2 aliphatic rings. The van der Waals surface area contributed by atoms with Crippen LogP contribution < -0.4 is 16.0 Å². The fourth-order valence-electron chi connectivity index (χ4n) is 4.99. The SMILES string of the molecule is CC(C)c1cnn2c(NCc3cccc(CC(=O)C4CCCCN4)c3)nc(NC3CCOCC3)nc12. The normalized spacial score (nSPS) is 19.0. The molecule has 2 aliphatic heterocycles. The summed E-state index contributed by atoms with van der Waals surface area (Å²) in [7, 11) is 0. The van der Waals surface area contributed by atoms with Crippen molar-refractivity contribution in [2.45, 2.75) is 76.9 Å². The second kappa shape index (κ2) is 11.3. The van der Waals surface area contributed by atoms with Crippen molar-refractivity contribution in [1.29, 1.82) is 0 Å². The summed E-state index contributed by atoms with van der Waals surface area (Å²) in [6.45, 7) is 7.31. The Balaban J connectivity index is 1.32. The molecule has 36 heavy (non-hydrogen) atoms. The van der Waals surface area contributed by atoms with Crippen molar-refractivity contribution in [1.82, 2.24) is 24.9 Å². The molecule has 9 heteroatoms. The smallest absolute Gasteiger partial charge is 0.229 e. The zero-order valence-electron chi connectivity index (χ0n) is 21.3. The van der Waals surface area contributed by atoms with E-state index >= 15 is 0 Å². The van der Waals surface area contributed by atoms with Crippen LogP contribution in [0.25, 0.3) is 5.65 Å². The van der Waals surface area contributed by atoms with Gasteiger partial charge < -0.3 is 20.7 Å². The van der Waals surface area contributed by atoms with Gasteiger partial charge in [-0.2, -0.15) is 19.6 Å². The first-order chi connectivity index (χ1) is 17.6. The van der Waals surface area contributed by atoms with Crippen LogP contribution in [0.1, 0.15) is 68.6 Å². The Morgan fingerprint density at radius 1 is 1.17 bits per heavy atom. The molecule has 4 heterocycles. The molecular formula is C27H37N7O2. The van der Waals surface area contributed by atoms with Crippen LogP contribution in [0.2, 0.25) is 0 Å². The lowest BCUT2D eigenvalue weighted by Gasteiger charge is -2.23. The number of hydrogen-bond acceptors (Lipinski definition) is 8. The Hall–Kier alpha value is -3.04. The predicted molar refractivity (Wildman–Crippen MR) is 140 cm³/mol. The molecule has 1 aromatic carbocycles. The number of carbonyl (C=O) groups excluding carboxylic acids is 1. The average Bonchev–Trinajstić information content (AvgIpc) is 3.33. The van der Waals surface area contributed by atoms with E-state index in [0.29, 0.717) is 36.8 Å². The lowest BCUT2D eigenvalue weighted by Crippen LogP contribution is -2.41. The van der Waals surface area contributed by atoms with Crippen LogP contribution in [-0.4, -0.2) is 57.2 Å². The molecule has 2 fully saturated rings. The van der Waals surface area contributed by atoms with Gasteiger partial charge >= 0.3 is 0 Å². The number of benzene rings is 1. The molecule has 1 atom stereocenters. The maximum absolute atomic E-state index is 12.7. The minimum Gasteiger partial charge on any atom is -0.381 e. The van der Waals surface area contributed by atoms with Gasteiger partial charge in [0, 0.05) is 37.8 Å². The Labute approximate surface area is 212 Å². The summed E-state index contributed by atoms with van der Waals surface area (Å²) in [5, 5.41) is 14.9. The molecule has 5 rings (SSSR count). The zero-order valence-corrected chi connectivity index (χ0v) is 21.3. The Bertz CT molecular complexity index is 1180. The molecule has 1 unspecified atom stereocenters. The number of aromatic nitrogens is 4. The fourth-order valence-corrected chi connectivity index (χ4v) is 4.99. The van der Waals surface area contributed by atoms with Crippen molar-refractivity contribution >= 4 is 23.3 Å². The molecule has 0 saturated carbocycles. The number of ketones is 1. The van der Waals surface area contributed by atoms with Gasteiger partial charge in [-0.1, -0.05) is 44.5 Å². The standard InChI is InChI=1S/C27H37N7O2/c1-18(2)22-17-30-34-25(22)32-26(31-21-9-12-36-13-10-21)33-27(34)29-16-20-7-5-6-19(14-20)15-24(35)23-8-3-4-11-28-23/h5-7,14,17-18,21,23,28H,3-4,8-13,15-16H2,1-2H3,(H2,29,31,32,33). The number of hydrogen-bond donors (Lipinski definition) is 3. The number of nitrogens with zero attached hydrogens (tertiary/aromatic N) is 4. The Morgan fingerprint density at radius 3 is 2.78 bits per heavy atom. The minimum absolute atomic E-state index is 0.00792. The van der Waals surface area contributed by atoms with E-state index in [1.165, 1.54) is 0 Å². The minimum atomic E-state index is -0.00792. The van der Waals surface area contributed by atoms with Crippen LogP contribution in [0.5, 0.6) is 0 Å². The maximum atomic E-state index is 12.7. The van der Waals surface area contributed by atoms with Crippen molar-refractivity contribution in [3.8, 4) is 0 Å². The molecule has 0 bridgehead atoms. The third-order valence-electron chi connectivity index (χ3n) is 7.09. The quantitative estimate of drug-likeness (QED) is 0.416. The van der Waals surface area contributed by atoms with E-state index in [1.54, 1.807) is 4.52 Å². The predicted octanol–water partition coefficient (Wildman–Crippen LogP) is 3.70. The lowest BCUT2D eigenvalue weighted by atomic mass is 9.96. The van der Waals surface area contributed by atoms with Gasteiger partial charge in [0.25, 0.3) is 0 Å². The third-order valence-corrected chi connectivity index (χ3v) is 7.09. The highest BCUT2D eigenvalue weighted by Gasteiger charge is 2.21. The van der Waals surface area contributed by atoms with Crippen LogP contribution >= 0.6 is 0 Å². The molecule has 0 amide bonds. The number of nitrogens with one attached hydrogen (secondary N) is 3. The van der Waals surface area contributed by atoms with Gasteiger partial charge in [-0.3, -0.25) is 4.79 Å². The van der Waals surface area contributed by atoms with Crippen LogP contribution in [0, 0.1) is 0 Å². The summed E-state index contributed by atoms with van der Waals surface area (Å²) < 4.78 is 7.28. The van der Waals surface area contributed by atoms with Crippen LogP contribution in [0.15, 0.2) is 30.5 Å². The van der Waals surface area contributed by atoms with Gasteiger partial charge in [0.05, 0.1) is 12.2 Å². The van der Waals surface area contributed by atoms with Gasteiger partial charge in [-0.15, -0.1) is 0 Å². The maximum Gasteiger partial charge on any atom is 0.229 e. The monoisotopic (exact) mass is 491 g/mol. The number of anilines is 2. The number of Topliss-reactive ketones (excluding diaryl/α,β-unsaturated/α-hetero) is 1. The van der Waals surface area contributed by atoms with Gasteiger partial charge in [-0.05, 0) is 49.3 Å². The summed E-state index contributed by atoms with van der Waals surface area (Å²) >= 11 is 0. The van der Waals surface area contributed by atoms with Gasteiger partial charge in [0.15, 0.2) is 11.4 Å². The van der Waals surface area contributed by atoms with Crippen LogP contribution in [-0.2, 0) is 22.5 Å². The van der Waals surface area contributed by atoms with E-state index in [1.807, 2.05) is 18.3 Å². The highest BCUT2D eigenvalue weighted by molar-refractivity contribution is 5.86. The fraction of sp³-hybridized carbons (Fsp3) is 0.556. The first kappa shape index (κ1) is 24.6. The molecule has 0 spiro atoms. The van der Waals surface area contributed by atoms with E-state index in [-0.39, 0.29) is 11.8 Å². The summed E-state index contributed by atoms with van der Waals surface area (Å²) in [5.74, 6) is 1.83. The molecule has 2 saturated heterocycles. The molecule has 3 N–H and O–H groups in total. The highest BCUT2D eigenvalue weighted by Crippen LogP contribution is 2.23. The number of ether oxygens (including phenoxy) is 1. The Kier molecular flexibility index (Phi) is 7.77. The number of fused-ring (bicyclic) bond motifs is 1. The van der Waals surface area contributed by atoms with E-state index < -0.39 is 0 Å². The highest BCUT2D eigenvalue weighted by atomic mass is 16.5. The van der Waals surface area contributed by atoms with Crippen LogP contribution in [0.3, 0.4) is 0 Å². The van der Waals surface area contributed by atoms with E-state index in [2.05, 4.69) is 47.0 Å². The number of rotatable bonds is 9. The van der Waals surface area contributed by atoms with E-state index in [0.717, 1.165) is 74.2 Å². The molecule has 192 valence electrons. The molecule has 9 nitrogen and oxygen atoms in total. The first-order valence-corrected chi connectivity index (χ1v) is 13.2. The van der Waals surface area contributed by atoms with Crippen molar-refractivity contribution in [2.24, 2.45) is 0 Å². The molecule has 3 aromatic rings. The van der Waals surface area contributed by atoms with Gasteiger partial charge in [-0.25, -0.2) is 0 Å². The average molecular weight is 492 g/mol. The third kappa shape index (κ3) is 5.84. The summed E-state index contributed by atoms with van der Waals surface area (Å²) in [6.07, 6.45) is 7.44. The second-order valence-corrected chi connectivity index (χ2v) is 10.2. The second-order valence-electron chi connectivity index (χ2n) is 10.2. The van der Waals surface area contributed by atoms with Crippen molar-refractivity contribution in [2.75, 3.05) is 30.4 Å². The van der Waals surface area contributed by atoms with E-state index in [9.17, 15) is 4.79 Å². The molecule has 2 aromatic heterocycles. The summed E-state index contributed by atoms with van der Waals surface area (Å²) in [6, 6.07) is 8.52. The van der Waals surface area contributed by atoms with Crippen molar-refractivity contribution in [3.05, 3.63) is 47.2 Å². The number of piperidine rings is 1. The van der Waals surface area contributed by atoms with E-state index in [4.69, 9.17) is 14.7 Å². The summed E-state index contributed by atoms with van der Waals surface area (Å²) in [4.78, 5) is 22.3. The zero-order chi connectivity index (χ0) is 24.9. The molecular weight excluding hydrogens is 454 g/mol. The topological polar surface area (TPSA) is 105 Å². The van der Waals surface area contributed by atoms with Gasteiger partial charge in [0.1, 0.15) is 0 Å².